The molecule has 7 heteroatoms. The van der Waals surface area contributed by atoms with Gasteiger partial charge in [0.05, 0.1) is 28.4 Å². The summed E-state index contributed by atoms with van der Waals surface area (Å²) in [6.07, 6.45) is 5.21. The van der Waals surface area contributed by atoms with E-state index in [9.17, 15) is 4.79 Å². The van der Waals surface area contributed by atoms with Gasteiger partial charge in [0.2, 0.25) is 0 Å². The molecule has 0 radical (unpaired) electrons. The third kappa shape index (κ3) is 3.91. The third-order valence-corrected chi connectivity index (χ3v) is 3.90. The normalized spacial score (nSPS) is 10.6. The minimum atomic E-state index is -0.191. The van der Waals surface area contributed by atoms with Gasteiger partial charge in [-0.1, -0.05) is 23.2 Å². The molecule has 1 amide bonds. The van der Waals surface area contributed by atoms with Crippen molar-refractivity contribution in [1.29, 1.82) is 0 Å². The summed E-state index contributed by atoms with van der Waals surface area (Å²) in [4.78, 5) is 13.1. The Morgan fingerprint density at radius 1 is 1.45 bits per heavy atom. The molecule has 0 unspecified atom stereocenters. The van der Waals surface area contributed by atoms with E-state index in [0.717, 1.165) is 4.90 Å². The van der Waals surface area contributed by atoms with Crippen molar-refractivity contribution in [2.75, 3.05) is 12.8 Å². The van der Waals surface area contributed by atoms with Crippen LogP contribution in [-0.4, -0.2) is 28.5 Å². The van der Waals surface area contributed by atoms with Crippen molar-refractivity contribution in [3.8, 4) is 0 Å². The largest absolute Gasteiger partial charge is 0.350 e. The van der Waals surface area contributed by atoms with Crippen LogP contribution in [-0.2, 0) is 6.54 Å². The van der Waals surface area contributed by atoms with Crippen molar-refractivity contribution in [2.24, 2.45) is 0 Å². The highest BCUT2D eigenvalue weighted by atomic mass is 35.5. The Balaban J connectivity index is 1.94. The Morgan fingerprint density at radius 3 is 2.90 bits per heavy atom. The van der Waals surface area contributed by atoms with E-state index in [1.54, 1.807) is 41.0 Å². The van der Waals surface area contributed by atoms with E-state index >= 15 is 0 Å². The maximum Gasteiger partial charge on any atom is 0.252 e. The van der Waals surface area contributed by atoms with Gasteiger partial charge in [0.1, 0.15) is 0 Å². The quantitative estimate of drug-likeness (QED) is 0.856. The van der Waals surface area contributed by atoms with Crippen molar-refractivity contribution < 1.29 is 4.79 Å². The summed E-state index contributed by atoms with van der Waals surface area (Å²) in [5, 5.41) is 7.87. The molecule has 0 aliphatic heterocycles. The SMILES string of the molecule is CSc1ccc(Cl)c(C(=O)NCCn2cc(Cl)cn2)c1. The predicted octanol–water partition coefficient (Wildman–Crippen LogP) is 3.34. The molecule has 1 heterocycles. The molecule has 0 aliphatic carbocycles. The van der Waals surface area contributed by atoms with Gasteiger partial charge in [0.25, 0.3) is 5.91 Å². The fraction of sp³-hybridized carbons (Fsp3) is 0.231. The predicted molar refractivity (Wildman–Crippen MR) is 82.8 cm³/mol. The Kier molecular flexibility index (Phi) is 5.34. The maximum absolute atomic E-state index is 12.1. The average Bonchev–Trinajstić information content (AvgIpc) is 2.85. The van der Waals surface area contributed by atoms with E-state index in [2.05, 4.69) is 10.4 Å². The van der Waals surface area contributed by atoms with E-state index in [4.69, 9.17) is 23.2 Å². The number of rotatable bonds is 5. The van der Waals surface area contributed by atoms with Crippen molar-refractivity contribution in [1.82, 2.24) is 15.1 Å². The molecule has 0 saturated heterocycles. The summed E-state index contributed by atoms with van der Waals surface area (Å²) < 4.78 is 1.67. The summed E-state index contributed by atoms with van der Waals surface area (Å²) >= 11 is 13.4. The smallest absolute Gasteiger partial charge is 0.252 e. The first kappa shape index (κ1) is 15.2. The number of hydrogen-bond acceptors (Lipinski definition) is 3. The molecule has 0 atom stereocenters. The second kappa shape index (κ2) is 7.02. The number of hydrogen-bond donors (Lipinski definition) is 1. The van der Waals surface area contributed by atoms with Gasteiger partial charge in [-0.2, -0.15) is 5.10 Å². The molecular weight excluding hydrogens is 317 g/mol. The lowest BCUT2D eigenvalue weighted by atomic mass is 10.2. The van der Waals surface area contributed by atoms with Gasteiger partial charge in [-0.05, 0) is 24.5 Å². The number of carbonyl (C=O) groups is 1. The fourth-order valence-electron chi connectivity index (χ4n) is 1.65. The minimum Gasteiger partial charge on any atom is -0.350 e. The lowest BCUT2D eigenvalue weighted by molar-refractivity contribution is 0.0952. The summed E-state index contributed by atoms with van der Waals surface area (Å²) in [5.41, 5.74) is 0.483. The molecule has 1 aromatic carbocycles. The zero-order valence-corrected chi connectivity index (χ0v) is 13.1. The lowest BCUT2D eigenvalue weighted by Crippen LogP contribution is -2.27. The van der Waals surface area contributed by atoms with Crippen LogP contribution < -0.4 is 5.32 Å². The first-order valence-electron chi connectivity index (χ1n) is 5.90. The molecule has 2 aromatic rings. The zero-order valence-electron chi connectivity index (χ0n) is 10.8. The molecule has 1 N–H and O–H groups in total. The highest BCUT2D eigenvalue weighted by molar-refractivity contribution is 7.98. The maximum atomic E-state index is 12.1. The van der Waals surface area contributed by atoms with Crippen LogP contribution in [0.5, 0.6) is 0 Å². The molecule has 20 heavy (non-hydrogen) atoms. The van der Waals surface area contributed by atoms with E-state index in [0.29, 0.717) is 28.7 Å². The van der Waals surface area contributed by atoms with Crippen LogP contribution in [0.4, 0.5) is 0 Å². The van der Waals surface area contributed by atoms with Gasteiger partial charge in [-0.15, -0.1) is 11.8 Å². The Morgan fingerprint density at radius 2 is 2.25 bits per heavy atom. The van der Waals surface area contributed by atoms with Crippen LogP contribution in [0.1, 0.15) is 10.4 Å². The van der Waals surface area contributed by atoms with E-state index < -0.39 is 0 Å². The van der Waals surface area contributed by atoms with Gasteiger partial charge >= 0.3 is 0 Å². The number of benzene rings is 1. The molecule has 106 valence electrons. The van der Waals surface area contributed by atoms with Crippen LogP contribution >= 0.6 is 35.0 Å². The highest BCUT2D eigenvalue weighted by Gasteiger charge is 2.10. The number of nitrogens with one attached hydrogen (secondary N) is 1. The van der Waals surface area contributed by atoms with Gasteiger partial charge in [-0.3, -0.25) is 9.48 Å². The van der Waals surface area contributed by atoms with Gasteiger partial charge < -0.3 is 5.32 Å². The number of nitrogens with zero attached hydrogens (tertiary/aromatic N) is 2. The molecule has 4 nitrogen and oxygen atoms in total. The third-order valence-electron chi connectivity index (χ3n) is 2.65. The van der Waals surface area contributed by atoms with Gasteiger partial charge in [0, 0.05) is 17.6 Å². The number of halogens is 2. The molecule has 0 spiro atoms. The fourth-order valence-corrected chi connectivity index (χ4v) is 2.44. The van der Waals surface area contributed by atoms with Crippen LogP contribution in [0.15, 0.2) is 35.5 Å². The number of amides is 1. The zero-order chi connectivity index (χ0) is 14.5. The number of aromatic nitrogens is 2. The molecule has 1 aromatic heterocycles. The summed E-state index contributed by atoms with van der Waals surface area (Å²) in [7, 11) is 0. The molecular formula is C13H13Cl2N3OS. The topological polar surface area (TPSA) is 46.9 Å². The number of carbonyl (C=O) groups excluding carboxylic acids is 1. The lowest BCUT2D eigenvalue weighted by Gasteiger charge is -2.08. The van der Waals surface area contributed by atoms with Gasteiger partial charge in [0.15, 0.2) is 0 Å². The van der Waals surface area contributed by atoms with Crippen molar-refractivity contribution in [3.05, 3.63) is 46.2 Å². The van der Waals surface area contributed by atoms with Crippen molar-refractivity contribution >= 4 is 40.9 Å². The molecule has 2 rings (SSSR count). The first-order valence-corrected chi connectivity index (χ1v) is 7.88. The van der Waals surface area contributed by atoms with Crippen LogP contribution in [0.25, 0.3) is 0 Å². The van der Waals surface area contributed by atoms with Crippen molar-refractivity contribution in [2.45, 2.75) is 11.4 Å². The molecule has 0 aliphatic rings. The summed E-state index contributed by atoms with van der Waals surface area (Å²) in [6, 6.07) is 5.40. The second-order valence-electron chi connectivity index (χ2n) is 4.02. The van der Waals surface area contributed by atoms with E-state index in [1.165, 1.54) is 0 Å². The van der Waals surface area contributed by atoms with Crippen LogP contribution in [0, 0.1) is 0 Å². The first-order chi connectivity index (χ1) is 9.60. The molecule has 0 fully saturated rings. The van der Waals surface area contributed by atoms with Gasteiger partial charge in [-0.25, -0.2) is 0 Å². The summed E-state index contributed by atoms with van der Waals surface area (Å²) in [6.45, 7) is 1.01. The number of thioether (sulfide) groups is 1. The summed E-state index contributed by atoms with van der Waals surface area (Å²) in [5.74, 6) is -0.191. The molecule has 0 saturated carbocycles. The Bertz CT molecular complexity index is 615. The van der Waals surface area contributed by atoms with Crippen LogP contribution in [0.3, 0.4) is 0 Å². The second-order valence-corrected chi connectivity index (χ2v) is 5.75. The molecule has 0 bridgehead atoms. The van der Waals surface area contributed by atoms with Crippen LogP contribution in [0.2, 0.25) is 10.0 Å². The Hall–Kier alpha value is -1.17. The highest BCUT2D eigenvalue weighted by Crippen LogP contribution is 2.22. The van der Waals surface area contributed by atoms with E-state index in [1.807, 2.05) is 12.3 Å². The standard InChI is InChI=1S/C13H13Cl2N3OS/c1-20-10-2-3-12(15)11(6-10)13(19)16-4-5-18-8-9(14)7-17-18/h2-3,6-8H,4-5H2,1H3,(H,16,19). The van der Waals surface area contributed by atoms with Crippen molar-refractivity contribution in [3.63, 3.8) is 0 Å². The average molecular weight is 330 g/mol. The monoisotopic (exact) mass is 329 g/mol. The van der Waals surface area contributed by atoms with E-state index in [-0.39, 0.29) is 5.91 Å². The Labute approximate surface area is 131 Å². The minimum absolute atomic E-state index is 0.191.